The van der Waals surface area contributed by atoms with Crippen molar-refractivity contribution in [2.75, 3.05) is 20.1 Å². The van der Waals surface area contributed by atoms with E-state index >= 15 is 0 Å². The Morgan fingerprint density at radius 1 is 1.28 bits per heavy atom. The largest absolute Gasteiger partial charge is 0.329 e. The molecule has 1 unspecified atom stereocenters. The van der Waals surface area contributed by atoms with Crippen molar-refractivity contribution < 1.29 is 4.39 Å². The van der Waals surface area contributed by atoms with Crippen LogP contribution >= 0.6 is 0 Å². The van der Waals surface area contributed by atoms with Gasteiger partial charge in [-0.1, -0.05) is 25.0 Å². The quantitative estimate of drug-likeness (QED) is 0.870. The van der Waals surface area contributed by atoms with E-state index in [1.54, 1.807) is 0 Å². The molecule has 0 aliphatic heterocycles. The Labute approximate surface area is 109 Å². The second kappa shape index (κ2) is 6.30. The summed E-state index contributed by atoms with van der Waals surface area (Å²) in [4.78, 5) is 2.32. The van der Waals surface area contributed by atoms with Crippen LogP contribution in [-0.2, 0) is 0 Å². The topological polar surface area (TPSA) is 29.3 Å². The van der Waals surface area contributed by atoms with Crippen LogP contribution in [0.3, 0.4) is 0 Å². The zero-order chi connectivity index (χ0) is 13.0. The van der Waals surface area contributed by atoms with Crippen LogP contribution in [0.1, 0.15) is 37.3 Å². The molecule has 3 heteroatoms. The Morgan fingerprint density at radius 2 is 1.89 bits per heavy atom. The molecule has 18 heavy (non-hydrogen) atoms. The number of hydrogen-bond donors (Lipinski definition) is 1. The molecule has 1 aliphatic carbocycles. The van der Waals surface area contributed by atoms with Gasteiger partial charge in [-0.3, -0.25) is 4.90 Å². The first kappa shape index (κ1) is 13.5. The predicted molar refractivity (Wildman–Crippen MR) is 72.8 cm³/mol. The summed E-state index contributed by atoms with van der Waals surface area (Å²) in [6.07, 6.45) is 5.40. The number of rotatable bonds is 5. The lowest BCUT2D eigenvalue weighted by Crippen LogP contribution is -2.33. The van der Waals surface area contributed by atoms with Gasteiger partial charge >= 0.3 is 0 Å². The average molecular weight is 250 g/mol. The van der Waals surface area contributed by atoms with Crippen molar-refractivity contribution in [3.8, 4) is 0 Å². The van der Waals surface area contributed by atoms with E-state index in [1.165, 1.54) is 37.8 Å². The Kier molecular flexibility index (Phi) is 4.72. The highest BCUT2D eigenvalue weighted by Gasteiger charge is 2.21. The molecule has 0 saturated heterocycles. The van der Waals surface area contributed by atoms with E-state index in [1.807, 2.05) is 12.1 Å². The van der Waals surface area contributed by atoms with Gasteiger partial charge in [-0.25, -0.2) is 4.39 Å². The monoisotopic (exact) mass is 250 g/mol. The van der Waals surface area contributed by atoms with Crippen LogP contribution in [0.25, 0.3) is 0 Å². The zero-order valence-corrected chi connectivity index (χ0v) is 11.1. The highest BCUT2D eigenvalue weighted by molar-refractivity contribution is 5.20. The maximum Gasteiger partial charge on any atom is 0.123 e. The zero-order valence-electron chi connectivity index (χ0n) is 11.1. The molecular weight excluding hydrogens is 227 g/mol. The fraction of sp³-hybridized carbons (Fsp3) is 0.600. The van der Waals surface area contributed by atoms with Gasteiger partial charge < -0.3 is 5.73 Å². The second-order valence-corrected chi connectivity index (χ2v) is 5.39. The number of benzene rings is 1. The number of nitrogens with two attached hydrogens (primary N) is 1. The third kappa shape index (κ3) is 3.30. The molecule has 1 aliphatic rings. The van der Waals surface area contributed by atoms with Gasteiger partial charge in [0.2, 0.25) is 0 Å². The first-order chi connectivity index (χ1) is 8.70. The van der Waals surface area contributed by atoms with E-state index in [4.69, 9.17) is 5.73 Å². The summed E-state index contributed by atoms with van der Waals surface area (Å²) in [7, 11) is 2.12. The van der Waals surface area contributed by atoms with Crippen molar-refractivity contribution >= 4 is 0 Å². The van der Waals surface area contributed by atoms with Gasteiger partial charge in [-0.05, 0) is 43.5 Å². The fourth-order valence-corrected chi connectivity index (χ4v) is 2.98. The maximum absolute atomic E-state index is 12.9. The minimum Gasteiger partial charge on any atom is -0.329 e. The van der Waals surface area contributed by atoms with E-state index in [-0.39, 0.29) is 11.9 Å². The van der Waals surface area contributed by atoms with Gasteiger partial charge in [-0.15, -0.1) is 0 Å². The lowest BCUT2D eigenvalue weighted by molar-refractivity contribution is 0.212. The highest BCUT2D eigenvalue weighted by Crippen LogP contribution is 2.28. The summed E-state index contributed by atoms with van der Waals surface area (Å²) in [6, 6.07) is 6.92. The van der Waals surface area contributed by atoms with Crippen LogP contribution in [0, 0.1) is 11.7 Å². The molecule has 1 atom stereocenters. The lowest BCUT2D eigenvalue weighted by Gasteiger charge is -2.29. The predicted octanol–water partition coefficient (Wildman–Crippen LogP) is 2.95. The molecule has 1 fully saturated rings. The first-order valence-corrected chi connectivity index (χ1v) is 6.86. The number of hydrogen-bond acceptors (Lipinski definition) is 2. The fourth-order valence-electron chi connectivity index (χ4n) is 2.98. The van der Waals surface area contributed by atoms with E-state index in [0.717, 1.165) is 18.0 Å². The Hall–Kier alpha value is -0.930. The molecule has 1 saturated carbocycles. The smallest absolute Gasteiger partial charge is 0.123 e. The molecule has 0 heterocycles. The Bertz CT molecular complexity index is 357. The third-order valence-corrected chi connectivity index (χ3v) is 4.03. The molecule has 2 nitrogen and oxygen atoms in total. The van der Waals surface area contributed by atoms with Crippen molar-refractivity contribution in [2.24, 2.45) is 11.7 Å². The minimum atomic E-state index is -0.187. The molecule has 1 aromatic carbocycles. The molecule has 1 aromatic rings. The van der Waals surface area contributed by atoms with Gasteiger partial charge in [0.15, 0.2) is 0 Å². The van der Waals surface area contributed by atoms with Crippen LogP contribution in [0.15, 0.2) is 24.3 Å². The minimum absolute atomic E-state index is 0.187. The lowest BCUT2D eigenvalue weighted by atomic mass is 10.0. The van der Waals surface area contributed by atoms with Crippen LogP contribution in [0.5, 0.6) is 0 Å². The van der Waals surface area contributed by atoms with Crippen molar-refractivity contribution in [2.45, 2.75) is 31.7 Å². The molecule has 100 valence electrons. The van der Waals surface area contributed by atoms with E-state index < -0.39 is 0 Å². The van der Waals surface area contributed by atoms with Crippen molar-refractivity contribution in [3.63, 3.8) is 0 Å². The number of nitrogens with zero attached hydrogens (tertiary/aromatic N) is 1. The van der Waals surface area contributed by atoms with E-state index in [0.29, 0.717) is 6.54 Å². The van der Waals surface area contributed by atoms with Gasteiger partial charge in [-0.2, -0.15) is 0 Å². The molecule has 0 bridgehead atoms. The maximum atomic E-state index is 12.9. The number of halogens is 1. The van der Waals surface area contributed by atoms with Gasteiger partial charge in [0.25, 0.3) is 0 Å². The Morgan fingerprint density at radius 3 is 2.44 bits per heavy atom. The molecular formula is C15H23FN2. The first-order valence-electron chi connectivity index (χ1n) is 6.86. The molecule has 0 aromatic heterocycles. The molecule has 0 spiro atoms. The van der Waals surface area contributed by atoms with Crippen LogP contribution in [0.2, 0.25) is 0 Å². The summed E-state index contributed by atoms with van der Waals surface area (Å²) in [5, 5.41) is 0. The molecule has 2 N–H and O–H groups in total. The van der Waals surface area contributed by atoms with Gasteiger partial charge in [0.1, 0.15) is 5.82 Å². The summed E-state index contributed by atoms with van der Waals surface area (Å²) in [5.41, 5.74) is 6.99. The molecule has 0 radical (unpaired) electrons. The van der Waals surface area contributed by atoms with E-state index in [2.05, 4.69) is 11.9 Å². The summed E-state index contributed by atoms with van der Waals surface area (Å²) < 4.78 is 12.9. The van der Waals surface area contributed by atoms with Crippen LogP contribution in [-0.4, -0.2) is 25.0 Å². The summed E-state index contributed by atoms with van der Waals surface area (Å²) >= 11 is 0. The Balaban J connectivity index is 2.00. The summed E-state index contributed by atoms with van der Waals surface area (Å²) in [5.74, 6) is 0.623. The van der Waals surface area contributed by atoms with Crippen molar-refractivity contribution in [3.05, 3.63) is 35.6 Å². The number of likely N-dealkylation sites (N-methyl/N-ethyl adjacent to an activating group) is 1. The average Bonchev–Trinajstić information content (AvgIpc) is 2.85. The van der Waals surface area contributed by atoms with E-state index in [9.17, 15) is 4.39 Å². The standard InChI is InChI=1S/C15H23FN2/c1-18(11-12-4-2-3-5-12)15(10-17)13-6-8-14(16)9-7-13/h6-9,12,15H,2-5,10-11,17H2,1H3. The van der Waals surface area contributed by atoms with Crippen molar-refractivity contribution in [1.29, 1.82) is 0 Å². The molecule has 0 amide bonds. The van der Waals surface area contributed by atoms with Crippen LogP contribution in [0.4, 0.5) is 4.39 Å². The normalized spacial score (nSPS) is 18.4. The highest BCUT2D eigenvalue weighted by atomic mass is 19.1. The van der Waals surface area contributed by atoms with Gasteiger partial charge in [0.05, 0.1) is 0 Å². The van der Waals surface area contributed by atoms with Crippen LogP contribution < -0.4 is 5.73 Å². The second-order valence-electron chi connectivity index (χ2n) is 5.39. The SMILES string of the molecule is CN(CC1CCCC1)C(CN)c1ccc(F)cc1. The van der Waals surface area contributed by atoms with Gasteiger partial charge in [0, 0.05) is 19.1 Å². The summed E-state index contributed by atoms with van der Waals surface area (Å²) in [6.45, 7) is 1.67. The molecule has 2 rings (SSSR count). The third-order valence-electron chi connectivity index (χ3n) is 4.03. The van der Waals surface area contributed by atoms with Crippen molar-refractivity contribution in [1.82, 2.24) is 4.90 Å².